The van der Waals surface area contributed by atoms with Crippen LogP contribution in [-0.2, 0) is 36.7 Å². The van der Waals surface area contributed by atoms with Crippen LogP contribution in [0, 0.1) is 0 Å². The highest BCUT2D eigenvalue weighted by Gasteiger charge is 2.54. The zero-order chi connectivity index (χ0) is 32.7. The Morgan fingerprint density at radius 3 is 1.52 bits per heavy atom. The highest BCUT2D eigenvalue weighted by atomic mass is 31.2. The van der Waals surface area contributed by atoms with Gasteiger partial charge in [-0.3, -0.25) is 27.2 Å². The molecule has 7 heterocycles. The number of ether oxygens (including phenoxy) is 2. The number of aliphatic hydroxyl groups is 2. The molecule has 0 amide bonds. The largest absolute Gasteiger partial charge is 0.857 e. The number of hydrogen-bond acceptors (Lipinski definition) is 20. The molecule has 46 heavy (non-hydrogen) atoms. The number of nitrogens with two attached hydrogens (primary N) is 2. The van der Waals surface area contributed by atoms with Gasteiger partial charge < -0.3 is 51.2 Å². The van der Waals surface area contributed by atoms with Crippen LogP contribution in [0.1, 0.15) is 12.5 Å². The van der Waals surface area contributed by atoms with Crippen LogP contribution in [0.25, 0.3) is 22.3 Å². The van der Waals surface area contributed by atoms with Crippen molar-refractivity contribution in [3.8, 4) is 11.8 Å². The molecule has 3 fully saturated rings. The Kier molecular flexibility index (Phi) is 7.39. The van der Waals surface area contributed by atoms with Crippen LogP contribution in [0.5, 0.6) is 11.8 Å². The second-order valence-electron chi connectivity index (χ2n) is 10.2. The topological polar surface area (TPSA) is 356 Å². The number of phosphoric acid groups is 2. The van der Waals surface area contributed by atoms with Crippen LogP contribution in [-0.4, -0.2) is 109 Å². The molecule has 26 heteroatoms. The van der Waals surface area contributed by atoms with Gasteiger partial charge in [-0.1, -0.05) is 0 Å². The molecule has 24 nitrogen and oxygen atoms in total. The van der Waals surface area contributed by atoms with Crippen molar-refractivity contribution >= 4 is 49.9 Å². The van der Waals surface area contributed by atoms with Crippen LogP contribution in [0.15, 0.2) is 12.7 Å². The van der Waals surface area contributed by atoms with E-state index < -0.39 is 102 Å². The van der Waals surface area contributed by atoms with E-state index in [0.29, 0.717) is 0 Å². The van der Waals surface area contributed by atoms with Crippen molar-refractivity contribution in [2.45, 2.75) is 49.1 Å². The molecule has 0 aliphatic carbocycles. The van der Waals surface area contributed by atoms with E-state index in [4.69, 9.17) is 39.0 Å². The Morgan fingerprint density at radius 1 is 0.739 bits per heavy atom. The number of phosphoric ester groups is 2. The van der Waals surface area contributed by atoms with Gasteiger partial charge in [0.05, 0.1) is 25.9 Å². The van der Waals surface area contributed by atoms with Gasteiger partial charge >= 0.3 is 15.6 Å². The second-order valence-corrected chi connectivity index (χ2v) is 13.0. The van der Waals surface area contributed by atoms with Crippen LogP contribution in [0.3, 0.4) is 0 Å². The first kappa shape index (κ1) is 31.0. The Hall–Kier alpha value is -3.64. The third-order valence-corrected chi connectivity index (χ3v) is 9.26. The van der Waals surface area contributed by atoms with Gasteiger partial charge in [-0.2, -0.15) is 9.97 Å². The van der Waals surface area contributed by atoms with E-state index in [0.717, 1.165) is 21.8 Å². The van der Waals surface area contributed by atoms with Gasteiger partial charge in [0, 0.05) is 11.8 Å². The Labute approximate surface area is 254 Å². The average molecular weight is 688 g/mol. The van der Waals surface area contributed by atoms with Gasteiger partial charge in [-0.15, -0.1) is 0 Å². The molecule has 3 saturated heterocycles. The lowest BCUT2D eigenvalue weighted by Crippen LogP contribution is -2.39. The lowest BCUT2D eigenvalue weighted by atomic mass is 10.1. The van der Waals surface area contributed by atoms with Crippen LogP contribution in [0.4, 0.5) is 11.9 Å². The summed E-state index contributed by atoms with van der Waals surface area (Å²) in [7, 11) is -10.2. The summed E-state index contributed by atoms with van der Waals surface area (Å²) in [5.74, 6) is -2.46. The molecule has 3 aliphatic rings. The number of rotatable bonds is 2. The van der Waals surface area contributed by atoms with E-state index in [9.17, 15) is 39.3 Å². The molecule has 0 aromatic carbocycles. The quantitative estimate of drug-likeness (QED) is 0.111. The first-order valence-electron chi connectivity index (χ1n) is 13.0. The minimum absolute atomic E-state index is 0.154. The molecule has 248 valence electrons. The molecule has 7 rings (SSSR count). The summed E-state index contributed by atoms with van der Waals surface area (Å²) in [5.41, 5.74) is 10.4. The molecule has 3 aliphatic heterocycles. The molecule has 0 spiro atoms. The molecule has 2 unspecified atom stereocenters. The van der Waals surface area contributed by atoms with Crippen molar-refractivity contribution in [1.82, 2.24) is 39.0 Å². The maximum absolute atomic E-state index is 13.1. The number of fused-ring (bicyclic) bond motifs is 4. The normalized spacial score (nSPS) is 37.1. The van der Waals surface area contributed by atoms with E-state index in [1.54, 1.807) is 0 Å². The number of aliphatic hydroxyl groups excluding tert-OH is 2. The maximum atomic E-state index is 13.1. The third kappa shape index (κ3) is 5.33. The fourth-order valence-corrected chi connectivity index (χ4v) is 7.25. The van der Waals surface area contributed by atoms with Crippen LogP contribution in [0.2, 0.25) is 0 Å². The first-order valence-corrected chi connectivity index (χ1v) is 16.0. The van der Waals surface area contributed by atoms with E-state index in [1.807, 2.05) is 0 Å². The van der Waals surface area contributed by atoms with Crippen molar-refractivity contribution < 1.29 is 66.9 Å². The SMILES string of the molecule is Nc1nc([O-])c2ncn([C@@H]3O[C@@H]4COP(=O)(O)O[C@H]5[C@@H](O)[C@H](n6cnc7c([O-])nc(N)nc76)O[C@@H]5COP(=O)(O)O[C@H]4[C@H]3O)c2n1. The fraction of sp³-hybridized carbons (Fsp3) is 0.500. The summed E-state index contributed by atoms with van der Waals surface area (Å²) >= 11 is 0. The van der Waals surface area contributed by atoms with Gasteiger partial charge in [0.25, 0.3) is 0 Å². The number of hydrogen-bond donors (Lipinski definition) is 6. The summed E-state index contributed by atoms with van der Waals surface area (Å²) in [6.45, 7) is -1.76. The van der Waals surface area contributed by atoms with Crippen LogP contribution < -0.4 is 21.7 Å². The molecule has 10 atom stereocenters. The minimum Gasteiger partial charge on any atom is -0.857 e. The monoisotopic (exact) mass is 688 g/mol. The molecule has 4 aromatic rings. The Morgan fingerprint density at radius 2 is 1.13 bits per heavy atom. The summed E-state index contributed by atoms with van der Waals surface area (Å²) in [4.78, 5) is 43.7. The average Bonchev–Trinajstić information content (AvgIpc) is 3.72. The summed E-state index contributed by atoms with van der Waals surface area (Å²) < 4.78 is 60.4. The lowest BCUT2D eigenvalue weighted by Gasteiger charge is -2.27. The highest BCUT2D eigenvalue weighted by molar-refractivity contribution is 7.47. The fourth-order valence-electron chi connectivity index (χ4n) is 5.32. The molecule has 0 bridgehead atoms. The highest BCUT2D eigenvalue weighted by Crippen LogP contribution is 2.53. The van der Waals surface area contributed by atoms with E-state index in [-0.39, 0.29) is 22.3 Å². The predicted molar refractivity (Wildman–Crippen MR) is 139 cm³/mol. The van der Waals surface area contributed by atoms with Gasteiger partial charge in [-0.05, 0) is 0 Å². The summed E-state index contributed by atoms with van der Waals surface area (Å²) in [6, 6.07) is 0. The molecule has 0 saturated carbocycles. The number of nitrogen functional groups attached to an aromatic ring is 2. The van der Waals surface area contributed by atoms with Crippen molar-refractivity contribution in [2.24, 2.45) is 0 Å². The molecular weight excluding hydrogens is 666 g/mol. The summed E-state index contributed by atoms with van der Waals surface area (Å²) in [6.07, 6.45) is -11.0. The smallest absolute Gasteiger partial charge is 0.472 e. The number of nitrogens with zero attached hydrogens (tertiary/aromatic N) is 8. The third-order valence-electron chi connectivity index (χ3n) is 7.29. The standard InChI is InChI=1S/C20H24N10O14P2/c21-19-25-13-7(15(33)27-19)23-3-29(13)17-9(31)11-5(41-17)1-39-45(35,36)44-12-6(2-40-46(37,38)43-11)42-18(10(12)32)30-4-24-8-14(30)26-20(22)28-16(8)34/h3-6,9-12,17-18,31-32H,1-2H2,(H,35,36)(H,37,38)(H3,21,25,27,33)(H3,22,26,28,34)/p-2/t5-,6-,9-,10-,11-,12-,17-,18-/m1/s1. The molecular formula is C20H22N10O14P2-2. The second kappa shape index (κ2) is 11.0. The lowest BCUT2D eigenvalue weighted by molar-refractivity contribution is -0.273. The van der Waals surface area contributed by atoms with E-state index in [2.05, 4.69) is 29.9 Å². The van der Waals surface area contributed by atoms with E-state index in [1.165, 1.54) is 0 Å². The molecule has 4 aromatic heterocycles. The van der Waals surface area contributed by atoms with Crippen molar-refractivity contribution in [3.63, 3.8) is 0 Å². The maximum Gasteiger partial charge on any atom is 0.472 e. The zero-order valence-corrected chi connectivity index (χ0v) is 24.5. The van der Waals surface area contributed by atoms with Crippen LogP contribution >= 0.6 is 15.6 Å². The Bertz CT molecular complexity index is 1790. The molecule has 8 N–H and O–H groups in total. The first-order chi connectivity index (χ1) is 21.7. The van der Waals surface area contributed by atoms with Crippen molar-refractivity contribution in [3.05, 3.63) is 12.7 Å². The predicted octanol–water partition coefficient (Wildman–Crippen LogP) is -3.49. The van der Waals surface area contributed by atoms with E-state index >= 15 is 0 Å². The minimum atomic E-state index is -5.11. The van der Waals surface area contributed by atoms with Gasteiger partial charge in [-0.25, -0.2) is 29.1 Å². The zero-order valence-electron chi connectivity index (χ0n) is 22.7. The Balaban J connectivity index is 1.17. The number of aromatic nitrogens is 8. The van der Waals surface area contributed by atoms with Crippen molar-refractivity contribution in [1.29, 1.82) is 0 Å². The van der Waals surface area contributed by atoms with Crippen molar-refractivity contribution in [2.75, 3.05) is 24.7 Å². The van der Waals surface area contributed by atoms with Gasteiger partial charge in [0.15, 0.2) is 23.8 Å². The van der Waals surface area contributed by atoms with Gasteiger partial charge in [0.2, 0.25) is 11.9 Å². The number of anilines is 2. The summed E-state index contributed by atoms with van der Waals surface area (Å²) in [5, 5.41) is 46.5. The number of imidazole rings is 2. The molecule has 0 radical (unpaired) electrons. The van der Waals surface area contributed by atoms with Gasteiger partial charge in [0.1, 0.15) is 47.7 Å².